The molecule has 8 heteroatoms. The van der Waals surface area contributed by atoms with Gasteiger partial charge in [0.05, 0.1) is 7.11 Å². The molecule has 2 fully saturated rings. The molecule has 0 bridgehead atoms. The lowest BCUT2D eigenvalue weighted by Crippen LogP contribution is -2.49. The van der Waals surface area contributed by atoms with E-state index in [0.717, 1.165) is 57.3 Å². The molecule has 0 saturated carbocycles. The number of amides is 1. The van der Waals surface area contributed by atoms with Crippen LogP contribution in [0.5, 0.6) is 5.75 Å². The van der Waals surface area contributed by atoms with Crippen molar-refractivity contribution in [1.82, 2.24) is 15.2 Å². The lowest BCUT2D eigenvalue weighted by Gasteiger charge is -2.35. The second-order valence-corrected chi connectivity index (χ2v) is 6.32. The fourth-order valence-corrected chi connectivity index (χ4v) is 3.33. The Kier molecular flexibility index (Phi) is 9.32. The first-order chi connectivity index (χ1) is 11.3. The zero-order valence-corrected chi connectivity index (χ0v) is 16.3. The maximum atomic E-state index is 12.3. The first kappa shape index (κ1) is 21.8. The second-order valence-electron chi connectivity index (χ2n) is 6.32. The highest BCUT2D eigenvalue weighted by Gasteiger charge is 2.23. The summed E-state index contributed by atoms with van der Waals surface area (Å²) in [6.07, 6.45) is 4.68. The van der Waals surface area contributed by atoms with Gasteiger partial charge in [0.2, 0.25) is 5.91 Å². The third-order valence-corrected chi connectivity index (χ3v) is 4.84. The molecule has 0 spiro atoms. The molecule has 1 aromatic rings. The number of rotatable bonds is 5. The summed E-state index contributed by atoms with van der Waals surface area (Å²) in [4.78, 5) is 21.0. The van der Waals surface area contributed by atoms with Crippen LogP contribution in [0.25, 0.3) is 0 Å². The molecule has 0 aromatic carbocycles. The number of anilines is 1. The van der Waals surface area contributed by atoms with E-state index in [1.807, 2.05) is 17.0 Å². The predicted molar refractivity (Wildman–Crippen MR) is 104 cm³/mol. The minimum absolute atomic E-state index is 0. The van der Waals surface area contributed by atoms with Crippen molar-refractivity contribution in [2.45, 2.75) is 19.3 Å². The van der Waals surface area contributed by atoms with Crippen LogP contribution < -0.4 is 15.0 Å². The van der Waals surface area contributed by atoms with Gasteiger partial charge in [0, 0.05) is 44.9 Å². The van der Waals surface area contributed by atoms with E-state index < -0.39 is 0 Å². The van der Waals surface area contributed by atoms with Gasteiger partial charge in [-0.25, -0.2) is 4.98 Å². The van der Waals surface area contributed by atoms with Gasteiger partial charge in [-0.2, -0.15) is 0 Å². The van der Waals surface area contributed by atoms with Gasteiger partial charge in [0.25, 0.3) is 0 Å². The van der Waals surface area contributed by atoms with E-state index in [2.05, 4.69) is 15.2 Å². The van der Waals surface area contributed by atoms with Crippen LogP contribution >= 0.6 is 24.8 Å². The Morgan fingerprint density at radius 2 is 2.08 bits per heavy atom. The molecule has 3 heterocycles. The number of piperazine rings is 1. The summed E-state index contributed by atoms with van der Waals surface area (Å²) in [5, 5.41) is 3.36. The molecule has 2 aliphatic heterocycles. The lowest BCUT2D eigenvalue weighted by atomic mass is 10.0. The summed E-state index contributed by atoms with van der Waals surface area (Å²) in [6.45, 7) is 5.39. The summed E-state index contributed by atoms with van der Waals surface area (Å²) in [6, 6.07) is 3.80. The zero-order valence-electron chi connectivity index (χ0n) is 14.6. The average molecular weight is 391 g/mol. The molecule has 1 atom stereocenters. The number of ether oxygens (including phenoxy) is 1. The van der Waals surface area contributed by atoms with Crippen molar-refractivity contribution < 1.29 is 9.53 Å². The number of hydrogen-bond donors (Lipinski definition) is 1. The summed E-state index contributed by atoms with van der Waals surface area (Å²) < 4.78 is 5.25. The van der Waals surface area contributed by atoms with Crippen LogP contribution in [0.4, 0.5) is 5.82 Å². The van der Waals surface area contributed by atoms with E-state index in [4.69, 9.17) is 4.74 Å². The molecule has 0 aliphatic carbocycles. The van der Waals surface area contributed by atoms with Gasteiger partial charge >= 0.3 is 0 Å². The highest BCUT2D eigenvalue weighted by Crippen LogP contribution is 2.20. The smallest absolute Gasteiger partial charge is 0.222 e. The number of hydrogen-bond acceptors (Lipinski definition) is 5. The van der Waals surface area contributed by atoms with Crippen molar-refractivity contribution in [1.29, 1.82) is 0 Å². The Labute approximate surface area is 162 Å². The second kappa shape index (κ2) is 10.7. The first-order valence-electron chi connectivity index (χ1n) is 8.50. The SMILES string of the molecule is COc1ccnc(N2CCN(C(=O)CCC3CCNC3)CC2)c1.Cl.Cl. The van der Waals surface area contributed by atoms with E-state index >= 15 is 0 Å². The Morgan fingerprint density at radius 3 is 2.72 bits per heavy atom. The number of aromatic nitrogens is 1. The molecule has 142 valence electrons. The molecule has 1 unspecified atom stereocenters. The number of methoxy groups -OCH3 is 1. The maximum absolute atomic E-state index is 12.3. The third-order valence-electron chi connectivity index (χ3n) is 4.84. The van der Waals surface area contributed by atoms with E-state index in [0.29, 0.717) is 18.2 Å². The topological polar surface area (TPSA) is 57.7 Å². The maximum Gasteiger partial charge on any atom is 0.222 e. The Morgan fingerprint density at radius 1 is 1.32 bits per heavy atom. The molecule has 6 nitrogen and oxygen atoms in total. The first-order valence-corrected chi connectivity index (χ1v) is 8.50. The van der Waals surface area contributed by atoms with Crippen LogP contribution in [0.3, 0.4) is 0 Å². The van der Waals surface area contributed by atoms with Crippen LogP contribution in [0, 0.1) is 5.92 Å². The number of carbonyl (C=O) groups excluding carboxylic acids is 1. The molecule has 3 rings (SSSR count). The summed E-state index contributed by atoms with van der Waals surface area (Å²) in [7, 11) is 1.66. The largest absolute Gasteiger partial charge is 0.497 e. The number of nitrogens with zero attached hydrogens (tertiary/aromatic N) is 3. The monoisotopic (exact) mass is 390 g/mol. The molecule has 1 aromatic heterocycles. The van der Waals surface area contributed by atoms with Gasteiger partial charge in [-0.05, 0) is 37.9 Å². The Balaban J connectivity index is 0.00000156. The van der Waals surface area contributed by atoms with Gasteiger partial charge in [-0.15, -0.1) is 24.8 Å². The van der Waals surface area contributed by atoms with Gasteiger partial charge < -0.3 is 19.9 Å². The van der Waals surface area contributed by atoms with Crippen LogP contribution in [0.15, 0.2) is 18.3 Å². The minimum Gasteiger partial charge on any atom is -0.497 e. The highest BCUT2D eigenvalue weighted by molar-refractivity contribution is 5.85. The minimum atomic E-state index is 0. The van der Waals surface area contributed by atoms with Crippen LogP contribution in [0.2, 0.25) is 0 Å². The van der Waals surface area contributed by atoms with Crippen molar-refractivity contribution in [2.24, 2.45) is 5.92 Å². The summed E-state index contributed by atoms with van der Waals surface area (Å²) >= 11 is 0. The number of pyridine rings is 1. The lowest BCUT2D eigenvalue weighted by molar-refractivity contribution is -0.131. The zero-order chi connectivity index (χ0) is 16.1. The normalized spacial score (nSPS) is 19.8. The van der Waals surface area contributed by atoms with E-state index in [9.17, 15) is 4.79 Å². The van der Waals surface area contributed by atoms with Crippen molar-refractivity contribution in [3.63, 3.8) is 0 Å². The van der Waals surface area contributed by atoms with Crippen LogP contribution in [-0.2, 0) is 4.79 Å². The quantitative estimate of drug-likeness (QED) is 0.832. The van der Waals surface area contributed by atoms with E-state index in [1.165, 1.54) is 6.42 Å². The molecule has 25 heavy (non-hydrogen) atoms. The van der Waals surface area contributed by atoms with Crippen molar-refractivity contribution in [3.05, 3.63) is 18.3 Å². The molecule has 2 aliphatic rings. The number of nitrogens with one attached hydrogen (secondary N) is 1. The number of halogens is 2. The van der Waals surface area contributed by atoms with Crippen molar-refractivity contribution >= 4 is 36.5 Å². The van der Waals surface area contributed by atoms with E-state index in [-0.39, 0.29) is 24.8 Å². The fraction of sp³-hybridized carbons (Fsp3) is 0.647. The standard InChI is InChI=1S/C17H26N4O2.2ClH/c1-23-15-5-7-19-16(12-15)20-8-10-21(11-9-20)17(22)3-2-14-4-6-18-13-14;;/h5,7,12,14,18H,2-4,6,8-11,13H2,1H3;2*1H. The molecule has 2 saturated heterocycles. The molecular weight excluding hydrogens is 363 g/mol. The number of carbonyl (C=O) groups is 1. The van der Waals surface area contributed by atoms with Crippen molar-refractivity contribution in [3.8, 4) is 5.75 Å². The summed E-state index contributed by atoms with van der Waals surface area (Å²) in [5.74, 6) is 2.73. The highest BCUT2D eigenvalue weighted by atomic mass is 35.5. The molecular formula is C17H28Cl2N4O2. The molecule has 1 amide bonds. The predicted octanol–water partition coefficient (Wildman–Crippen LogP) is 1.97. The molecule has 0 radical (unpaired) electrons. The van der Waals surface area contributed by atoms with Crippen molar-refractivity contribution in [2.75, 3.05) is 51.3 Å². The van der Waals surface area contributed by atoms with Gasteiger partial charge in [-0.3, -0.25) is 4.79 Å². The fourth-order valence-electron chi connectivity index (χ4n) is 3.33. The summed E-state index contributed by atoms with van der Waals surface area (Å²) in [5.41, 5.74) is 0. The third kappa shape index (κ3) is 5.90. The average Bonchev–Trinajstić information content (AvgIpc) is 3.13. The Bertz CT molecular complexity index is 533. The van der Waals surface area contributed by atoms with Crippen LogP contribution in [0.1, 0.15) is 19.3 Å². The van der Waals surface area contributed by atoms with E-state index in [1.54, 1.807) is 13.3 Å². The van der Waals surface area contributed by atoms with Crippen LogP contribution in [-0.4, -0.2) is 62.2 Å². The van der Waals surface area contributed by atoms with Gasteiger partial charge in [-0.1, -0.05) is 0 Å². The van der Waals surface area contributed by atoms with Gasteiger partial charge in [0.15, 0.2) is 0 Å². The molecule has 1 N–H and O–H groups in total. The Hall–Kier alpha value is -1.24. The van der Waals surface area contributed by atoms with Gasteiger partial charge in [0.1, 0.15) is 11.6 Å².